The van der Waals surface area contributed by atoms with Gasteiger partial charge in [-0.25, -0.2) is 0 Å². The largest absolute Gasteiger partial charge is 0.313 e. The van der Waals surface area contributed by atoms with Crippen molar-refractivity contribution in [2.24, 2.45) is 0 Å². The standard InChI is InChI=1S/C13H18N2/c1-2-8-14-12(5-1)11-7-6-10-4-3-9-15-13(10)11/h3-4,9,11-12,14H,1-2,5-8H2. The van der Waals surface area contributed by atoms with Crippen LogP contribution in [-0.4, -0.2) is 17.6 Å². The molecule has 2 heterocycles. The predicted molar refractivity (Wildman–Crippen MR) is 60.9 cm³/mol. The fraction of sp³-hybridized carbons (Fsp3) is 0.615. The van der Waals surface area contributed by atoms with Gasteiger partial charge in [-0.2, -0.15) is 0 Å². The summed E-state index contributed by atoms with van der Waals surface area (Å²) in [4.78, 5) is 4.58. The summed E-state index contributed by atoms with van der Waals surface area (Å²) in [6.07, 6.45) is 8.53. The molecular weight excluding hydrogens is 184 g/mol. The second-order valence-electron chi connectivity index (χ2n) is 4.75. The van der Waals surface area contributed by atoms with Gasteiger partial charge in [-0.05, 0) is 43.9 Å². The first kappa shape index (κ1) is 9.34. The van der Waals surface area contributed by atoms with Gasteiger partial charge in [-0.3, -0.25) is 4.98 Å². The zero-order chi connectivity index (χ0) is 10.1. The van der Waals surface area contributed by atoms with Crippen LogP contribution in [0.25, 0.3) is 0 Å². The molecular formula is C13H18N2. The van der Waals surface area contributed by atoms with Crippen LogP contribution in [0, 0.1) is 0 Å². The van der Waals surface area contributed by atoms with Crippen LogP contribution in [0.15, 0.2) is 18.3 Å². The van der Waals surface area contributed by atoms with E-state index in [2.05, 4.69) is 22.4 Å². The highest BCUT2D eigenvalue weighted by atomic mass is 14.9. The fourth-order valence-corrected chi connectivity index (χ4v) is 3.06. The number of hydrogen-bond acceptors (Lipinski definition) is 2. The van der Waals surface area contributed by atoms with Crippen LogP contribution in [0.2, 0.25) is 0 Å². The van der Waals surface area contributed by atoms with E-state index in [4.69, 9.17) is 0 Å². The van der Waals surface area contributed by atoms with Crippen molar-refractivity contribution in [1.29, 1.82) is 0 Å². The van der Waals surface area contributed by atoms with Crippen LogP contribution in [0.4, 0.5) is 0 Å². The Morgan fingerprint density at radius 1 is 1.27 bits per heavy atom. The Labute approximate surface area is 91.1 Å². The van der Waals surface area contributed by atoms with E-state index in [0.717, 1.165) is 0 Å². The minimum atomic E-state index is 0.682. The monoisotopic (exact) mass is 202 g/mol. The molecule has 1 saturated heterocycles. The smallest absolute Gasteiger partial charge is 0.0482 e. The van der Waals surface area contributed by atoms with E-state index in [1.807, 2.05) is 6.20 Å². The maximum absolute atomic E-state index is 4.58. The summed E-state index contributed by atoms with van der Waals surface area (Å²) in [5, 5.41) is 3.66. The minimum absolute atomic E-state index is 0.682. The molecule has 1 aliphatic heterocycles. The average Bonchev–Trinajstić information content (AvgIpc) is 2.74. The van der Waals surface area contributed by atoms with Crippen molar-refractivity contribution in [2.75, 3.05) is 6.54 Å². The van der Waals surface area contributed by atoms with Crippen LogP contribution in [0.5, 0.6) is 0 Å². The van der Waals surface area contributed by atoms with E-state index in [9.17, 15) is 0 Å². The number of aryl methyl sites for hydroxylation is 1. The van der Waals surface area contributed by atoms with Gasteiger partial charge in [0.05, 0.1) is 0 Å². The lowest BCUT2D eigenvalue weighted by Gasteiger charge is -2.28. The van der Waals surface area contributed by atoms with Gasteiger partial charge < -0.3 is 5.32 Å². The van der Waals surface area contributed by atoms with Crippen molar-refractivity contribution in [2.45, 2.75) is 44.1 Å². The molecule has 1 N–H and O–H groups in total. The SMILES string of the molecule is c1cnc2c(c1)CCC2C1CCCCN1. The number of nitrogens with one attached hydrogen (secondary N) is 1. The van der Waals surface area contributed by atoms with E-state index in [1.54, 1.807) is 0 Å². The van der Waals surface area contributed by atoms with Gasteiger partial charge in [0.15, 0.2) is 0 Å². The van der Waals surface area contributed by atoms with Crippen molar-refractivity contribution in [3.8, 4) is 0 Å². The van der Waals surface area contributed by atoms with Crippen molar-refractivity contribution in [1.82, 2.24) is 10.3 Å². The first-order chi connectivity index (χ1) is 7.45. The number of nitrogens with zero attached hydrogens (tertiary/aromatic N) is 1. The molecule has 0 bridgehead atoms. The highest BCUT2D eigenvalue weighted by Crippen LogP contribution is 2.35. The second kappa shape index (κ2) is 3.93. The van der Waals surface area contributed by atoms with Gasteiger partial charge in [-0.1, -0.05) is 12.5 Å². The third-order valence-electron chi connectivity index (χ3n) is 3.84. The first-order valence-electron chi connectivity index (χ1n) is 6.12. The predicted octanol–water partition coefficient (Wildman–Crippen LogP) is 2.25. The number of pyridine rings is 1. The summed E-state index contributed by atoms with van der Waals surface area (Å²) in [5.74, 6) is 0.682. The van der Waals surface area contributed by atoms with E-state index in [-0.39, 0.29) is 0 Å². The molecule has 2 nitrogen and oxygen atoms in total. The molecule has 0 radical (unpaired) electrons. The zero-order valence-electron chi connectivity index (χ0n) is 9.08. The summed E-state index contributed by atoms with van der Waals surface area (Å²) >= 11 is 0. The lowest BCUT2D eigenvalue weighted by molar-refractivity contribution is 0.345. The maximum Gasteiger partial charge on any atom is 0.0482 e. The van der Waals surface area contributed by atoms with Gasteiger partial charge in [-0.15, -0.1) is 0 Å². The maximum atomic E-state index is 4.58. The highest BCUT2D eigenvalue weighted by Gasteiger charge is 2.31. The Morgan fingerprint density at radius 2 is 2.27 bits per heavy atom. The summed E-state index contributed by atoms with van der Waals surface area (Å²) in [5.41, 5.74) is 2.85. The van der Waals surface area contributed by atoms with Crippen molar-refractivity contribution in [3.05, 3.63) is 29.6 Å². The quantitative estimate of drug-likeness (QED) is 0.755. The van der Waals surface area contributed by atoms with Crippen LogP contribution in [-0.2, 0) is 6.42 Å². The molecule has 15 heavy (non-hydrogen) atoms. The Bertz CT molecular complexity index is 342. The molecule has 0 spiro atoms. The molecule has 2 aliphatic rings. The topological polar surface area (TPSA) is 24.9 Å². The molecule has 3 rings (SSSR count). The number of fused-ring (bicyclic) bond motifs is 1. The molecule has 0 amide bonds. The number of aromatic nitrogens is 1. The lowest BCUT2D eigenvalue weighted by Crippen LogP contribution is -2.38. The van der Waals surface area contributed by atoms with Gasteiger partial charge in [0.2, 0.25) is 0 Å². The zero-order valence-corrected chi connectivity index (χ0v) is 9.08. The number of hydrogen-bond donors (Lipinski definition) is 1. The lowest BCUT2D eigenvalue weighted by atomic mass is 9.90. The van der Waals surface area contributed by atoms with Crippen LogP contribution >= 0.6 is 0 Å². The molecule has 2 heteroatoms. The van der Waals surface area contributed by atoms with Gasteiger partial charge in [0, 0.05) is 23.9 Å². The molecule has 80 valence electrons. The Morgan fingerprint density at radius 3 is 3.13 bits per heavy atom. The third-order valence-corrected chi connectivity index (χ3v) is 3.84. The van der Waals surface area contributed by atoms with Crippen molar-refractivity contribution < 1.29 is 0 Å². The van der Waals surface area contributed by atoms with Gasteiger partial charge in [0.25, 0.3) is 0 Å². The molecule has 1 aromatic heterocycles. The Hall–Kier alpha value is -0.890. The van der Waals surface area contributed by atoms with Crippen LogP contribution in [0.3, 0.4) is 0 Å². The molecule has 2 atom stereocenters. The number of piperidine rings is 1. The van der Waals surface area contributed by atoms with Gasteiger partial charge >= 0.3 is 0 Å². The molecule has 1 aromatic rings. The van der Waals surface area contributed by atoms with E-state index in [1.165, 1.54) is 49.9 Å². The van der Waals surface area contributed by atoms with E-state index in [0.29, 0.717) is 12.0 Å². The van der Waals surface area contributed by atoms with Crippen LogP contribution < -0.4 is 5.32 Å². The fourth-order valence-electron chi connectivity index (χ4n) is 3.06. The summed E-state index contributed by atoms with van der Waals surface area (Å²) in [6.45, 7) is 1.20. The molecule has 0 aromatic carbocycles. The van der Waals surface area contributed by atoms with E-state index < -0.39 is 0 Å². The Balaban J connectivity index is 1.83. The summed E-state index contributed by atoms with van der Waals surface area (Å²) < 4.78 is 0. The van der Waals surface area contributed by atoms with E-state index >= 15 is 0 Å². The molecule has 1 aliphatic carbocycles. The second-order valence-corrected chi connectivity index (χ2v) is 4.75. The summed E-state index contributed by atoms with van der Waals surface area (Å²) in [7, 11) is 0. The average molecular weight is 202 g/mol. The molecule has 1 fully saturated rings. The minimum Gasteiger partial charge on any atom is -0.313 e. The number of rotatable bonds is 1. The molecule has 0 saturated carbocycles. The van der Waals surface area contributed by atoms with Crippen molar-refractivity contribution >= 4 is 0 Å². The normalized spacial score (nSPS) is 30.1. The Kier molecular flexibility index (Phi) is 2.45. The first-order valence-corrected chi connectivity index (χ1v) is 6.12. The van der Waals surface area contributed by atoms with Gasteiger partial charge in [0.1, 0.15) is 0 Å². The van der Waals surface area contributed by atoms with Crippen LogP contribution in [0.1, 0.15) is 42.9 Å². The summed E-state index contributed by atoms with van der Waals surface area (Å²) in [6, 6.07) is 5.00. The van der Waals surface area contributed by atoms with Crippen molar-refractivity contribution in [3.63, 3.8) is 0 Å². The third kappa shape index (κ3) is 1.67. The molecule has 2 unspecified atom stereocenters. The highest BCUT2D eigenvalue weighted by molar-refractivity contribution is 5.30.